The summed E-state index contributed by atoms with van der Waals surface area (Å²) in [5.74, 6) is 0.833. The molecule has 0 amide bonds. The quantitative estimate of drug-likeness (QED) is 0.474. The van der Waals surface area contributed by atoms with Gasteiger partial charge in [-0.15, -0.1) is 11.3 Å². The molecule has 1 aromatic heterocycles. The van der Waals surface area contributed by atoms with Crippen LogP contribution < -0.4 is 5.32 Å². The molecule has 1 N–H and O–H groups in total. The molecule has 1 aliphatic carbocycles. The number of hydrogen-bond donors (Lipinski definition) is 1. The normalized spacial score (nSPS) is 24.9. The SMILES string of the molecule is Cc1ccc(C2Nc3c(ccc([N+](=O)[O-])c3C)C3C=CCC32)s1. The topological polar surface area (TPSA) is 55.2 Å². The maximum absolute atomic E-state index is 11.3. The van der Waals surface area contributed by atoms with Gasteiger partial charge in [0.15, 0.2) is 0 Å². The van der Waals surface area contributed by atoms with Crippen molar-refractivity contribution in [3.8, 4) is 0 Å². The second-order valence-electron chi connectivity index (χ2n) is 6.35. The second-order valence-corrected chi connectivity index (χ2v) is 7.67. The molecular formula is C18H18N2O2S. The summed E-state index contributed by atoms with van der Waals surface area (Å²) in [4.78, 5) is 13.6. The van der Waals surface area contributed by atoms with Crippen molar-refractivity contribution in [3.63, 3.8) is 0 Å². The van der Waals surface area contributed by atoms with Crippen molar-refractivity contribution in [3.05, 3.63) is 67.4 Å². The van der Waals surface area contributed by atoms with Gasteiger partial charge in [0.25, 0.3) is 5.69 Å². The van der Waals surface area contributed by atoms with Crippen molar-refractivity contribution in [1.82, 2.24) is 0 Å². The molecular weight excluding hydrogens is 308 g/mol. The molecule has 23 heavy (non-hydrogen) atoms. The number of hydrogen-bond acceptors (Lipinski definition) is 4. The highest BCUT2D eigenvalue weighted by Crippen LogP contribution is 2.52. The van der Waals surface area contributed by atoms with Gasteiger partial charge in [-0.1, -0.05) is 12.2 Å². The molecule has 0 fully saturated rings. The molecule has 0 spiro atoms. The van der Waals surface area contributed by atoms with Crippen molar-refractivity contribution in [2.75, 3.05) is 5.32 Å². The zero-order valence-corrected chi connectivity index (χ0v) is 13.9. The van der Waals surface area contributed by atoms with Crippen molar-refractivity contribution >= 4 is 22.7 Å². The Kier molecular flexibility index (Phi) is 3.27. The summed E-state index contributed by atoms with van der Waals surface area (Å²) in [7, 11) is 0. The largest absolute Gasteiger partial charge is 0.376 e. The zero-order chi connectivity index (χ0) is 16.1. The van der Waals surface area contributed by atoms with Crippen LogP contribution in [0.3, 0.4) is 0 Å². The number of allylic oxidation sites excluding steroid dienone is 2. The number of benzene rings is 1. The Bertz CT molecular complexity index is 824. The van der Waals surface area contributed by atoms with E-state index in [1.165, 1.54) is 15.3 Å². The van der Waals surface area contributed by atoms with E-state index in [4.69, 9.17) is 0 Å². The van der Waals surface area contributed by atoms with Crippen molar-refractivity contribution in [2.24, 2.45) is 5.92 Å². The van der Waals surface area contributed by atoms with Gasteiger partial charge in [-0.25, -0.2) is 0 Å². The number of thiophene rings is 1. The van der Waals surface area contributed by atoms with Gasteiger partial charge in [0.1, 0.15) is 0 Å². The Morgan fingerprint density at radius 3 is 2.78 bits per heavy atom. The van der Waals surface area contributed by atoms with Gasteiger partial charge < -0.3 is 5.32 Å². The number of nitrogens with zero attached hydrogens (tertiary/aromatic N) is 1. The van der Waals surface area contributed by atoms with E-state index in [2.05, 4.69) is 36.5 Å². The van der Waals surface area contributed by atoms with Gasteiger partial charge in [-0.2, -0.15) is 0 Å². The predicted molar refractivity (Wildman–Crippen MR) is 93.2 cm³/mol. The van der Waals surface area contributed by atoms with E-state index in [9.17, 15) is 10.1 Å². The Morgan fingerprint density at radius 1 is 1.26 bits per heavy atom. The summed E-state index contributed by atoms with van der Waals surface area (Å²) in [6, 6.07) is 8.13. The lowest BCUT2D eigenvalue weighted by molar-refractivity contribution is -0.385. The molecule has 0 bridgehead atoms. The van der Waals surface area contributed by atoms with Crippen LogP contribution in [0.2, 0.25) is 0 Å². The molecule has 2 aromatic rings. The highest BCUT2D eigenvalue weighted by Gasteiger charge is 2.39. The molecule has 0 saturated carbocycles. The maximum Gasteiger partial charge on any atom is 0.274 e. The molecule has 3 unspecified atom stereocenters. The Hall–Kier alpha value is -2.14. The van der Waals surface area contributed by atoms with Crippen LogP contribution in [0.1, 0.15) is 39.3 Å². The molecule has 4 nitrogen and oxygen atoms in total. The first-order valence-electron chi connectivity index (χ1n) is 7.83. The summed E-state index contributed by atoms with van der Waals surface area (Å²) >= 11 is 1.81. The second kappa shape index (κ2) is 5.20. The number of rotatable bonds is 2. The van der Waals surface area contributed by atoms with Gasteiger partial charge >= 0.3 is 0 Å². The van der Waals surface area contributed by atoms with Crippen LogP contribution in [0.5, 0.6) is 0 Å². The van der Waals surface area contributed by atoms with Crippen molar-refractivity contribution in [2.45, 2.75) is 32.2 Å². The van der Waals surface area contributed by atoms with Crippen molar-refractivity contribution < 1.29 is 4.92 Å². The van der Waals surface area contributed by atoms with Crippen LogP contribution in [-0.4, -0.2) is 4.92 Å². The monoisotopic (exact) mass is 326 g/mol. The minimum Gasteiger partial charge on any atom is -0.376 e. The molecule has 1 aliphatic heterocycles. The fraction of sp³-hybridized carbons (Fsp3) is 0.333. The van der Waals surface area contributed by atoms with Gasteiger partial charge in [0.2, 0.25) is 0 Å². The summed E-state index contributed by atoms with van der Waals surface area (Å²) in [5, 5.41) is 14.9. The van der Waals surface area contributed by atoms with E-state index in [0.29, 0.717) is 11.8 Å². The van der Waals surface area contributed by atoms with Crippen LogP contribution >= 0.6 is 11.3 Å². The number of nitro benzene ring substituents is 1. The van der Waals surface area contributed by atoms with Crippen LogP contribution in [0, 0.1) is 29.9 Å². The molecule has 5 heteroatoms. The minimum atomic E-state index is -0.293. The zero-order valence-electron chi connectivity index (χ0n) is 13.1. The summed E-state index contributed by atoms with van der Waals surface area (Å²) in [6.45, 7) is 3.96. The molecule has 3 atom stereocenters. The molecule has 2 aliphatic rings. The van der Waals surface area contributed by atoms with E-state index in [1.54, 1.807) is 6.07 Å². The third kappa shape index (κ3) is 2.18. The molecule has 1 aromatic carbocycles. The molecule has 0 saturated heterocycles. The first-order chi connectivity index (χ1) is 11.1. The number of fused-ring (bicyclic) bond motifs is 3. The van der Waals surface area contributed by atoms with Crippen molar-refractivity contribution in [1.29, 1.82) is 0 Å². The van der Waals surface area contributed by atoms with Gasteiger partial charge in [-0.05, 0) is 49.9 Å². The molecule has 2 heterocycles. The van der Waals surface area contributed by atoms with Gasteiger partial charge in [0, 0.05) is 27.4 Å². The fourth-order valence-electron chi connectivity index (χ4n) is 3.90. The van der Waals surface area contributed by atoms with Crippen LogP contribution in [0.4, 0.5) is 11.4 Å². The van der Waals surface area contributed by atoms with Crippen LogP contribution in [0.15, 0.2) is 36.4 Å². The highest BCUT2D eigenvalue weighted by atomic mass is 32.1. The number of nitro groups is 1. The first kappa shape index (κ1) is 14.5. The lowest BCUT2D eigenvalue weighted by Gasteiger charge is -2.37. The lowest BCUT2D eigenvalue weighted by atomic mass is 9.78. The van der Waals surface area contributed by atoms with E-state index in [-0.39, 0.29) is 16.7 Å². The lowest BCUT2D eigenvalue weighted by Crippen LogP contribution is -2.29. The first-order valence-corrected chi connectivity index (χ1v) is 8.65. The van der Waals surface area contributed by atoms with E-state index >= 15 is 0 Å². The van der Waals surface area contributed by atoms with Gasteiger partial charge in [-0.3, -0.25) is 10.1 Å². The summed E-state index contributed by atoms with van der Waals surface area (Å²) in [5.41, 5.74) is 3.07. The predicted octanol–water partition coefficient (Wildman–Crippen LogP) is 5.10. The fourth-order valence-corrected chi connectivity index (χ4v) is 4.91. The molecule has 4 rings (SSSR count). The summed E-state index contributed by atoms with van der Waals surface area (Å²) in [6.07, 6.45) is 5.56. The Balaban J connectivity index is 1.85. The number of nitrogens with one attached hydrogen (secondary N) is 1. The average molecular weight is 326 g/mol. The molecule has 0 radical (unpaired) electrons. The summed E-state index contributed by atoms with van der Waals surface area (Å²) < 4.78 is 0. The standard InChI is InChI=1S/C18H18N2O2S/c1-10-6-9-16(23-10)18-13-5-3-4-12(13)14-7-8-15(20(21)22)11(2)17(14)19-18/h3-4,6-9,12-13,18-19H,5H2,1-2H3. The van der Waals surface area contributed by atoms with Crippen LogP contribution in [0.25, 0.3) is 0 Å². The van der Waals surface area contributed by atoms with Crippen LogP contribution in [-0.2, 0) is 0 Å². The van der Waals surface area contributed by atoms with E-state index in [0.717, 1.165) is 17.7 Å². The highest BCUT2D eigenvalue weighted by molar-refractivity contribution is 7.12. The minimum absolute atomic E-state index is 0.192. The average Bonchev–Trinajstić information content (AvgIpc) is 3.15. The Labute approximate surface area is 139 Å². The third-order valence-electron chi connectivity index (χ3n) is 5.03. The van der Waals surface area contributed by atoms with E-state index < -0.39 is 0 Å². The smallest absolute Gasteiger partial charge is 0.274 e. The van der Waals surface area contributed by atoms with Gasteiger partial charge in [0.05, 0.1) is 16.5 Å². The number of aryl methyl sites for hydroxylation is 1. The number of anilines is 1. The maximum atomic E-state index is 11.3. The molecule has 118 valence electrons. The Morgan fingerprint density at radius 2 is 2.09 bits per heavy atom. The van der Waals surface area contributed by atoms with E-state index in [1.807, 2.05) is 24.3 Å². The third-order valence-corrected chi connectivity index (χ3v) is 6.12.